The van der Waals surface area contributed by atoms with Crippen LogP contribution in [-0.2, 0) is 32.1 Å². The Hall–Kier alpha value is -5.51. The number of hydrogen-bond acceptors (Lipinski definition) is 11. The van der Waals surface area contributed by atoms with Gasteiger partial charge in [0.15, 0.2) is 11.6 Å². The smallest absolute Gasteiger partial charge is 0.329 e. The van der Waals surface area contributed by atoms with E-state index in [2.05, 4.69) is 30.9 Å². The van der Waals surface area contributed by atoms with Gasteiger partial charge in [-0.05, 0) is 43.9 Å². The van der Waals surface area contributed by atoms with Crippen molar-refractivity contribution in [2.75, 3.05) is 19.6 Å². The third-order valence-electron chi connectivity index (χ3n) is 9.06. The van der Waals surface area contributed by atoms with Crippen molar-refractivity contribution in [2.24, 2.45) is 11.8 Å². The van der Waals surface area contributed by atoms with Crippen molar-refractivity contribution >= 4 is 23.7 Å². The first-order chi connectivity index (χ1) is 26.0. The molecule has 3 amide bonds. The lowest BCUT2D eigenvalue weighted by Gasteiger charge is -2.30. The molecule has 2 aliphatic heterocycles. The van der Waals surface area contributed by atoms with E-state index in [1.165, 1.54) is 17.1 Å². The molecule has 0 spiro atoms. The highest BCUT2D eigenvalue weighted by Gasteiger charge is 2.39. The van der Waals surface area contributed by atoms with Crippen LogP contribution < -0.4 is 10.6 Å². The zero-order valence-corrected chi connectivity index (χ0v) is 30.6. The standard InChI is InChI=1S/C38H47FN8O7/c1-24(2)36-26(19-34(50)42-15-17-46-22-30(44-45-46)29-9-4-5-13-40-29)11-12-33(49)41-14-6-8-25(3)18-28(48)20-27(39)21-35-43-31(23-53-35)37(51)47-16-7-10-32(47)38(52)54-36/h4-6,8-9,11-13,18,22-24,26-28,32,36,48H,7,10,14-17,19-21H2,1-3H3,(H,41,49)(H,42,50)/b8-6+,12-11+,25-18+. The van der Waals surface area contributed by atoms with Gasteiger partial charge in [0.2, 0.25) is 11.8 Å². The molecule has 288 valence electrons. The van der Waals surface area contributed by atoms with E-state index in [1.807, 2.05) is 26.0 Å². The Morgan fingerprint density at radius 2 is 2.00 bits per heavy atom. The Labute approximate surface area is 312 Å². The average molecular weight is 747 g/mol. The van der Waals surface area contributed by atoms with Crippen LogP contribution in [0.5, 0.6) is 0 Å². The van der Waals surface area contributed by atoms with Crippen molar-refractivity contribution in [2.45, 2.75) is 83.8 Å². The Balaban J connectivity index is 1.32. The Kier molecular flexibility index (Phi) is 14.0. The lowest BCUT2D eigenvalue weighted by molar-refractivity contribution is -0.159. The number of amides is 3. The van der Waals surface area contributed by atoms with Crippen LogP contribution in [0.25, 0.3) is 11.4 Å². The zero-order valence-electron chi connectivity index (χ0n) is 30.6. The predicted octanol–water partition coefficient (Wildman–Crippen LogP) is 3.14. The maximum absolute atomic E-state index is 14.8. The number of alkyl halides is 1. The van der Waals surface area contributed by atoms with Gasteiger partial charge < -0.3 is 29.8 Å². The van der Waals surface area contributed by atoms with Gasteiger partial charge in [-0.3, -0.25) is 24.0 Å². The maximum atomic E-state index is 14.8. The van der Waals surface area contributed by atoms with E-state index in [-0.39, 0.29) is 62.3 Å². The number of oxazole rings is 1. The summed E-state index contributed by atoms with van der Waals surface area (Å²) in [6, 6.07) is 4.56. The monoisotopic (exact) mass is 746 g/mol. The molecule has 16 heteroatoms. The summed E-state index contributed by atoms with van der Waals surface area (Å²) in [5, 5.41) is 24.3. The van der Waals surface area contributed by atoms with E-state index in [0.29, 0.717) is 36.3 Å². The molecule has 2 bridgehead atoms. The number of cyclic esters (lactones) is 1. The molecule has 5 heterocycles. The topological polar surface area (TPSA) is 195 Å². The summed E-state index contributed by atoms with van der Waals surface area (Å²) in [7, 11) is 0. The normalized spacial score (nSPS) is 25.6. The molecule has 3 aromatic heterocycles. The lowest BCUT2D eigenvalue weighted by Crippen LogP contribution is -2.44. The molecule has 0 aliphatic carbocycles. The zero-order chi connectivity index (χ0) is 38.6. The fourth-order valence-corrected chi connectivity index (χ4v) is 6.40. The third kappa shape index (κ3) is 11.2. The number of fused-ring (bicyclic) bond motifs is 3. The summed E-state index contributed by atoms with van der Waals surface area (Å²) < 4.78 is 27.9. The lowest BCUT2D eigenvalue weighted by atomic mass is 9.89. The van der Waals surface area contributed by atoms with Crippen molar-refractivity contribution in [3.05, 3.63) is 84.4 Å². The number of ether oxygens (including phenoxy) is 1. The number of carbonyl (C=O) groups is 4. The van der Waals surface area contributed by atoms with Gasteiger partial charge >= 0.3 is 5.97 Å². The van der Waals surface area contributed by atoms with E-state index in [1.54, 1.807) is 48.3 Å². The minimum Gasteiger partial charge on any atom is -0.460 e. The number of carbonyl (C=O) groups excluding carboxylic acids is 4. The van der Waals surface area contributed by atoms with Gasteiger partial charge in [0.05, 0.1) is 31.0 Å². The number of esters is 1. The second kappa shape index (κ2) is 19.0. The molecule has 3 aromatic rings. The number of aliphatic hydroxyl groups is 1. The molecule has 3 N–H and O–H groups in total. The number of rotatable bonds is 7. The van der Waals surface area contributed by atoms with Crippen LogP contribution in [0.15, 0.2) is 77.2 Å². The van der Waals surface area contributed by atoms with Gasteiger partial charge in [-0.1, -0.05) is 55.0 Å². The average Bonchev–Trinajstić information content (AvgIpc) is 3.92. The van der Waals surface area contributed by atoms with Gasteiger partial charge in [0.25, 0.3) is 5.91 Å². The summed E-state index contributed by atoms with van der Waals surface area (Å²) >= 11 is 0. The van der Waals surface area contributed by atoms with Crippen molar-refractivity contribution in [1.82, 2.24) is 40.5 Å². The molecule has 54 heavy (non-hydrogen) atoms. The van der Waals surface area contributed by atoms with Crippen LogP contribution in [0, 0.1) is 11.8 Å². The third-order valence-corrected chi connectivity index (χ3v) is 9.06. The molecule has 5 atom stereocenters. The Morgan fingerprint density at radius 3 is 2.78 bits per heavy atom. The number of allylic oxidation sites excluding steroid dienone is 2. The molecule has 1 fully saturated rings. The van der Waals surface area contributed by atoms with Crippen molar-refractivity contribution < 1.29 is 37.8 Å². The fourth-order valence-electron chi connectivity index (χ4n) is 6.40. The van der Waals surface area contributed by atoms with Gasteiger partial charge in [-0.25, -0.2) is 14.2 Å². The summed E-state index contributed by atoms with van der Waals surface area (Å²) in [6.07, 6.45) is 9.16. The fraction of sp³-hybridized carbons (Fsp3) is 0.474. The molecule has 1 saturated heterocycles. The van der Waals surface area contributed by atoms with Crippen LogP contribution in [0.3, 0.4) is 0 Å². The first-order valence-electron chi connectivity index (χ1n) is 18.1. The largest absolute Gasteiger partial charge is 0.460 e. The van der Waals surface area contributed by atoms with E-state index < -0.39 is 48.1 Å². The minimum absolute atomic E-state index is 0.00518. The number of aromatic nitrogens is 5. The summed E-state index contributed by atoms with van der Waals surface area (Å²) in [6.45, 7) is 6.43. The highest BCUT2D eigenvalue weighted by molar-refractivity contribution is 5.95. The second-order valence-corrected chi connectivity index (χ2v) is 13.8. The van der Waals surface area contributed by atoms with E-state index in [0.717, 1.165) is 6.26 Å². The highest BCUT2D eigenvalue weighted by Crippen LogP contribution is 2.27. The number of nitrogens with one attached hydrogen (secondary N) is 2. The van der Waals surface area contributed by atoms with Gasteiger partial charge in [-0.15, -0.1) is 5.10 Å². The minimum atomic E-state index is -1.50. The number of nitrogens with zero attached hydrogens (tertiary/aromatic N) is 6. The number of aliphatic hydroxyl groups excluding tert-OH is 1. The summed E-state index contributed by atoms with van der Waals surface area (Å²) in [5.41, 5.74) is 1.86. The first-order valence-corrected chi connectivity index (χ1v) is 18.1. The number of halogens is 1. The highest BCUT2D eigenvalue weighted by atomic mass is 19.1. The molecule has 0 radical (unpaired) electrons. The number of hydrogen-bond donors (Lipinski definition) is 3. The summed E-state index contributed by atoms with van der Waals surface area (Å²) in [5.74, 6) is -2.97. The Bertz CT molecular complexity index is 1840. The van der Waals surface area contributed by atoms with Crippen LogP contribution in [0.4, 0.5) is 4.39 Å². The molecular formula is C38H47FN8O7. The van der Waals surface area contributed by atoms with Gasteiger partial charge in [0, 0.05) is 44.6 Å². The van der Waals surface area contributed by atoms with Crippen LogP contribution in [0.2, 0.25) is 0 Å². The first kappa shape index (κ1) is 39.7. The molecule has 5 rings (SSSR count). The SMILES string of the molecule is CC1=C\C(O)CC(F)Cc2nc(co2)C(=O)N2CCCC2C(=O)OC(C(C)C)C(CC(=O)NCCn2cc(-c3ccccn3)nn2)/C=C/C(=O)NC\C=C\1. The van der Waals surface area contributed by atoms with Gasteiger partial charge in [-0.2, -0.15) is 0 Å². The van der Waals surface area contributed by atoms with E-state index in [4.69, 9.17) is 9.15 Å². The molecule has 0 aromatic carbocycles. The molecule has 2 aliphatic rings. The predicted molar refractivity (Wildman–Crippen MR) is 194 cm³/mol. The molecular weight excluding hydrogens is 699 g/mol. The quantitative estimate of drug-likeness (QED) is 0.301. The maximum Gasteiger partial charge on any atom is 0.329 e. The van der Waals surface area contributed by atoms with Crippen LogP contribution in [0.1, 0.15) is 62.8 Å². The van der Waals surface area contributed by atoms with Crippen molar-refractivity contribution in [3.63, 3.8) is 0 Å². The van der Waals surface area contributed by atoms with Crippen molar-refractivity contribution in [3.8, 4) is 11.4 Å². The van der Waals surface area contributed by atoms with E-state index in [9.17, 15) is 28.7 Å². The molecule has 5 unspecified atom stereocenters. The number of pyridine rings is 1. The van der Waals surface area contributed by atoms with Crippen LogP contribution in [-0.4, -0.2) is 103 Å². The molecule has 0 saturated carbocycles. The van der Waals surface area contributed by atoms with E-state index >= 15 is 0 Å². The van der Waals surface area contributed by atoms with Crippen LogP contribution >= 0.6 is 0 Å². The van der Waals surface area contributed by atoms with Gasteiger partial charge in [0.1, 0.15) is 30.3 Å². The molecule has 15 nitrogen and oxygen atoms in total. The Morgan fingerprint density at radius 1 is 1.17 bits per heavy atom. The summed E-state index contributed by atoms with van der Waals surface area (Å²) in [4.78, 5) is 63.3. The second-order valence-electron chi connectivity index (χ2n) is 13.8. The van der Waals surface area contributed by atoms with Crippen molar-refractivity contribution in [1.29, 1.82) is 0 Å².